The minimum atomic E-state index is -4.80. The van der Waals surface area contributed by atoms with Crippen LogP contribution in [0.2, 0.25) is 0 Å². The molecule has 0 aliphatic heterocycles. The molecule has 6 nitrogen and oxygen atoms in total. The molecule has 0 aliphatic rings. The lowest BCUT2D eigenvalue weighted by molar-refractivity contribution is -0.274. The summed E-state index contributed by atoms with van der Waals surface area (Å²) < 4.78 is 40.0. The Morgan fingerprint density at radius 3 is 2.62 bits per heavy atom. The lowest BCUT2D eigenvalue weighted by Crippen LogP contribution is -2.18. The van der Waals surface area contributed by atoms with E-state index in [-0.39, 0.29) is 17.2 Å². The van der Waals surface area contributed by atoms with Gasteiger partial charge in [0.15, 0.2) is 0 Å². The van der Waals surface area contributed by atoms with Gasteiger partial charge in [-0.05, 0) is 12.1 Å². The maximum atomic E-state index is 12.1. The van der Waals surface area contributed by atoms with Crippen LogP contribution >= 0.6 is 0 Å². The smallest absolute Gasteiger partial charge is 0.406 e. The second-order valence-electron chi connectivity index (χ2n) is 3.86. The molecule has 0 spiro atoms. The molecule has 0 atom stereocenters. The summed E-state index contributed by atoms with van der Waals surface area (Å²) in [5.41, 5.74) is 5.43. The first kappa shape index (κ1) is 14.6. The summed E-state index contributed by atoms with van der Waals surface area (Å²) >= 11 is 0. The van der Waals surface area contributed by atoms with Gasteiger partial charge in [-0.1, -0.05) is 6.07 Å². The molecule has 0 aliphatic carbocycles. The summed E-state index contributed by atoms with van der Waals surface area (Å²) in [5, 5.41) is 2.37. The van der Waals surface area contributed by atoms with Gasteiger partial charge in [0.2, 0.25) is 0 Å². The van der Waals surface area contributed by atoms with Gasteiger partial charge >= 0.3 is 6.36 Å². The van der Waals surface area contributed by atoms with Gasteiger partial charge in [0.05, 0.1) is 12.4 Å². The standard InChI is InChI=1S/C12H9F3N4O2/c13-12(14,15)21-8-3-1-2-7(4-8)19-11(20)9-5-18-10(16)6-17-9/h1-6H,(H2,16,18)(H,19,20). The molecular weight excluding hydrogens is 289 g/mol. The number of halogens is 3. The summed E-state index contributed by atoms with van der Waals surface area (Å²) in [6, 6.07) is 4.87. The number of hydrogen-bond acceptors (Lipinski definition) is 5. The largest absolute Gasteiger partial charge is 0.573 e. The Morgan fingerprint density at radius 1 is 1.24 bits per heavy atom. The van der Waals surface area contributed by atoms with Gasteiger partial charge in [0, 0.05) is 11.8 Å². The number of aromatic nitrogens is 2. The van der Waals surface area contributed by atoms with E-state index in [2.05, 4.69) is 20.0 Å². The zero-order chi connectivity index (χ0) is 15.5. The van der Waals surface area contributed by atoms with E-state index in [1.54, 1.807) is 0 Å². The van der Waals surface area contributed by atoms with Crippen molar-refractivity contribution in [1.29, 1.82) is 0 Å². The molecule has 3 N–H and O–H groups in total. The van der Waals surface area contributed by atoms with Crippen molar-refractivity contribution < 1.29 is 22.7 Å². The lowest BCUT2D eigenvalue weighted by atomic mass is 10.3. The van der Waals surface area contributed by atoms with Crippen LogP contribution in [-0.2, 0) is 0 Å². The molecule has 1 aromatic carbocycles. The van der Waals surface area contributed by atoms with E-state index in [1.807, 2.05) is 0 Å². The first-order chi connectivity index (χ1) is 9.83. The van der Waals surface area contributed by atoms with E-state index in [4.69, 9.17) is 5.73 Å². The molecule has 110 valence electrons. The van der Waals surface area contributed by atoms with E-state index in [9.17, 15) is 18.0 Å². The van der Waals surface area contributed by atoms with E-state index < -0.39 is 18.0 Å². The highest BCUT2D eigenvalue weighted by Gasteiger charge is 2.31. The molecule has 0 saturated heterocycles. The van der Waals surface area contributed by atoms with Gasteiger partial charge < -0.3 is 15.8 Å². The summed E-state index contributed by atoms with van der Waals surface area (Å²) in [4.78, 5) is 19.2. The third-order valence-electron chi connectivity index (χ3n) is 2.23. The average Bonchev–Trinajstić information content (AvgIpc) is 2.37. The SMILES string of the molecule is Nc1cnc(C(=O)Nc2cccc(OC(F)(F)F)c2)cn1. The predicted molar refractivity (Wildman–Crippen MR) is 67.5 cm³/mol. The zero-order valence-electron chi connectivity index (χ0n) is 10.4. The van der Waals surface area contributed by atoms with Crippen LogP contribution in [0, 0.1) is 0 Å². The number of ether oxygens (including phenoxy) is 1. The van der Waals surface area contributed by atoms with Crippen LogP contribution < -0.4 is 15.8 Å². The van der Waals surface area contributed by atoms with Crippen molar-refractivity contribution in [3.63, 3.8) is 0 Å². The van der Waals surface area contributed by atoms with Crippen LogP contribution in [0.15, 0.2) is 36.7 Å². The normalized spacial score (nSPS) is 11.0. The summed E-state index contributed by atoms with van der Waals surface area (Å²) in [6.45, 7) is 0. The molecule has 0 unspecified atom stereocenters. The Bertz CT molecular complexity index is 644. The van der Waals surface area contributed by atoms with Crippen molar-refractivity contribution in [1.82, 2.24) is 9.97 Å². The van der Waals surface area contributed by atoms with Gasteiger partial charge in [0.1, 0.15) is 17.3 Å². The predicted octanol–water partition coefficient (Wildman–Crippen LogP) is 2.21. The topological polar surface area (TPSA) is 90.1 Å². The van der Waals surface area contributed by atoms with Gasteiger partial charge in [-0.2, -0.15) is 0 Å². The van der Waals surface area contributed by atoms with E-state index >= 15 is 0 Å². The summed E-state index contributed by atoms with van der Waals surface area (Å²) in [6.07, 6.45) is -2.45. The maximum absolute atomic E-state index is 12.1. The maximum Gasteiger partial charge on any atom is 0.573 e. The second kappa shape index (κ2) is 5.65. The van der Waals surface area contributed by atoms with E-state index in [0.29, 0.717) is 0 Å². The van der Waals surface area contributed by atoms with Crippen LogP contribution in [0.5, 0.6) is 5.75 Å². The fourth-order valence-corrected chi connectivity index (χ4v) is 1.42. The number of nitrogen functional groups attached to an aromatic ring is 1. The van der Waals surface area contributed by atoms with Crippen molar-refractivity contribution in [2.45, 2.75) is 6.36 Å². The average molecular weight is 298 g/mol. The van der Waals surface area contributed by atoms with Crippen molar-refractivity contribution in [2.24, 2.45) is 0 Å². The van der Waals surface area contributed by atoms with Gasteiger partial charge in [-0.3, -0.25) is 4.79 Å². The second-order valence-corrected chi connectivity index (χ2v) is 3.86. The van der Waals surface area contributed by atoms with Crippen molar-refractivity contribution >= 4 is 17.4 Å². The number of amides is 1. The minimum absolute atomic E-state index is 0.0219. The first-order valence-corrected chi connectivity index (χ1v) is 5.58. The number of benzene rings is 1. The minimum Gasteiger partial charge on any atom is -0.406 e. The van der Waals surface area contributed by atoms with E-state index in [0.717, 1.165) is 18.3 Å². The highest BCUT2D eigenvalue weighted by atomic mass is 19.4. The van der Waals surface area contributed by atoms with Crippen molar-refractivity contribution in [2.75, 3.05) is 11.1 Å². The Kier molecular flexibility index (Phi) is 3.92. The number of nitrogens with one attached hydrogen (secondary N) is 1. The molecule has 0 fully saturated rings. The first-order valence-electron chi connectivity index (χ1n) is 5.58. The molecule has 0 saturated carbocycles. The number of carbonyl (C=O) groups is 1. The number of hydrogen-bond donors (Lipinski definition) is 2. The van der Waals surface area contributed by atoms with Crippen molar-refractivity contribution in [3.8, 4) is 5.75 Å². The third kappa shape index (κ3) is 4.34. The molecule has 1 heterocycles. The molecule has 9 heteroatoms. The fraction of sp³-hybridized carbons (Fsp3) is 0.0833. The number of nitrogens with two attached hydrogens (primary N) is 1. The highest BCUT2D eigenvalue weighted by Crippen LogP contribution is 2.25. The lowest BCUT2D eigenvalue weighted by Gasteiger charge is -2.10. The molecule has 2 rings (SSSR count). The fourth-order valence-electron chi connectivity index (χ4n) is 1.42. The van der Waals surface area contributed by atoms with Crippen LogP contribution in [0.3, 0.4) is 0 Å². The zero-order valence-corrected chi connectivity index (χ0v) is 10.4. The number of alkyl halides is 3. The number of nitrogens with zero attached hydrogens (tertiary/aromatic N) is 2. The molecule has 2 aromatic rings. The number of rotatable bonds is 3. The Labute approximate surface area is 116 Å². The Hall–Kier alpha value is -2.84. The molecule has 0 radical (unpaired) electrons. The summed E-state index contributed by atoms with van der Waals surface area (Å²) in [7, 11) is 0. The quantitative estimate of drug-likeness (QED) is 0.906. The third-order valence-corrected chi connectivity index (χ3v) is 2.23. The number of anilines is 2. The van der Waals surface area contributed by atoms with Gasteiger partial charge in [0.25, 0.3) is 5.91 Å². The van der Waals surface area contributed by atoms with Crippen LogP contribution in [0.4, 0.5) is 24.7 Å². The molecule has 21 heavy (non-hydrogen) atoms. The molecule has 1 aromatic heterocycles. The molecule has 0 bridgehead atoms. The van der Waals surface area contributed by atoms with Crippen LogP contribution in [-0.4, -0.2) is 22.2 Å². The highest BCUT2D eigenvalue weighted by molar-refractivity contribution is 6.02. The van der Waals surface area contributed by atoms with Gasteiger partial charge in [-0.25, -0.2) is 9.97 Å². The number of carbonyl (C=O) groups excluding carboxylic acids is 1. The Morgan fingerprint density at radius 2 is 2.00 bits per heavy atom. The van der Waals surface area contributed by atoms with Crippen molar-refractivity contribution in [3.05, 3.63) is 42.4 Å². The summed E-state index contributed by atoms with van der Waals surface area (Å²) in [5.74, 6) is -0.928. The van der Waals surface area contributed by atoms with Gasteiger partial charge in [-0.15, -0.1) is 13.2 Å². The monoisotopic (exact) mass is 298 g/mol. The Balaban J connectivity index is 2.10. The molecular formula is C12H9F3N4O2. The van der Waals surface area contributed by atoms with Crippen LogP contribution in [0.1, 0.15) is 10.5 Å². The van der Waals surface area contributed by atoms with E-state index in [1.165, 1.54) is 18.3 Å². The molecule has 1 amide bonds. The van der Waals surface area contributed by atoms with Crippen LogP contribution in [0.25, 0.3) is 0 Å².